The number of hydrogen-bond acceptors (Lipinski definition) is 3. The molecule has 1 aromatic rings. The van der Waals surface area contributed by atoms with E-state index in [1.807, 2.05) is 22.9 Å². The molecule has 2 amide bonds. The third-order valence-electron chi connectivity index (χ3n) is 5.58. The van der Waals surface area contributed by atoms with E-state index in [0.29, 0.717) is 12.3 Å². The lowest BCUT2D eigenvalue weighted by Crippen LogP contribution is -2.45. The number of imidazole rings is 1. The summed E-state index contributed by atoms with van der Waals surface area (Å²) in [7, 11) is 0. The number of nitrogens with zero attached hydrogens (tertiary/aromatic N) is 4. The number of hydrogen-bond donors (Lipinski definition) is 0. The minimum absolute atomic E-state index is 0.121. The van der Waals surface area contributed by atoms with Crippen LogP contribution in [0.1, 0.15) is 50.8 Å². The van der Waals surface area contributed by atoms with Gasteiger partial charge in [0.25, 0.3) is 0 Å². The van der Waals surface area contributed by atoms with Gasteiger partial charge in [0, 0.05) is 57.5 Å². The standard InChI is InChI=1S/C19H30N4O2/c1-16-20-9-15-21(16)12-5-6-18(24)22-13-7-17(8-14-22)19(25)23-10-3-2-4-11-23/h9,15,17H,2-8,10-14H2,1H3. The number of rotatable bonds is 5. The first-order valence-corrected chi connectivity index (χ1v) is 9.69. The van der Waals surface area contributed by atoms with Crippen LogP contribution in [0.2, 0.25) is 0 Å². The highest BCUT2D eigenvalue weighted by Crippen LogP contribution is 2.22. The van der Waals surface area contributed by atoms with E-state index in [0.717, 1.165) is 70.7 Å². The van der Waals surface area contributed by atoms with Crippen LogP contribution in [0.15, 0.2) is 12.4 Å². The van der Waals surface area contributed by atoms with E-state index in [-0.39, 0.29) is 11.8 Å². The minimum Gasteiger partial charge on any atom is -0.343 e. The number of amides is 2. The van der Waals surface area contributed by atoms with Crippen LogP contribution in [0.5, 0.6) is 0 Å². The van der Waals surface area contributed by atoms with Crippen LogP contribution < -0.4 is 0 Å². The van der Waals surface area contributed by atoms with Gasteiger partial charge in [-0.15, -0.1) is 0 Å². The fourth-order valence-electron chi connectivity index (χ4n) is 3.95. The molecule has 25 heavy (non-hydrogen) atoms. The van der Waals surface area contributed by atoms with Crippen molar-refractivity contribution in [3.05, 3.63) is 18.2 Å². The smallest absolute Gasteiger partial charge is 0.225 e. The average molecular weight is 346 g/mol. The van der Waals surface area contributed by atoms with Crippen molar-refractivity contribution in [2.45, 2.75) is 58.4 Å². The van der Waals surface area contributed by atoms with Crippen LogP contribution in [-0.2, 0) is 16.1 Å². The first-order valence-electron chi connectivity index (χ1n) is 9.69. The molecule has 0 atom stereocenters. The number of carbonyl (C=O) groups excluding carboxylic acids is 2. The molecule has 2 fully saturated rings. The molecule has 0 unspecified atom stereocenters. The van der Waals surface area contributed by atoms with Gasteiger partial charge >= 0.3 is 0 Å². The summed E-state index contributed by atoms with van der Waals surface area (Å²) >= 11 is 0. The molecule has 3 rings (SSSR count). The number of likely N-dealkylation sites (tertiary alicyclic amines) is 2. The molecule has 6 nitrogen and oxygen atoms in total. The molecule has 6 heteroatoms. The van der Waals surface area contributed by atoms with Crippen LogP contribution >= 0.6 is 0 Å². The zero-order valence-corrected chi connectivity index (χ0v) is 15.3. The van der Waals surface area contributed by atoms with Gasteiger partial charge in [0.15, 0.2) is 0 Å². The van der Waals surface area contributed by atoms with E-state index in [2.05, 4.69) is 9.55 Å². The summed E-state index contributed by atoms with van der Waals surface area (Å²) in [6, 6.07) is 0. The van der Waals surface area contributed by atoms with Crippen molar-refractivity contribution in [3.63, 3.8) is 0 Å². The quantitative estimate of drug-likeness (QED) is 0.821. The monoisotopic (exact) mass is 346 g/mol. The molecule has 2 aliphatic heterocycles. The molecule has 0 radical (unpaired) electrons. The fraction of sp³-hybridized carbons (Fsp3) is 0.737. The van der Waals surface area contributed by atoms with Crippen molar-refractivity contribution in [2.75, 3.05) is 26.2 Å². The first-order chi connectivity index (χ1) is 12.1. The maximum Gasteiger partial charge on any atom is 0.225 e. The Balaban J connectivity index is 1.38. The molecule has 0 saturated carbocycles. The number of piperidine rings is 2. The van der Waals surface area contributed by atoms with Crippen LogP contribution in [0.3, 0.4) is 0 Å². The van der Waals surface area contributed by atoms with Gasteiger partial charge in [0.1, 0.15) is 5.82 Å². The minimum atomic E-state index is 0.121. The highest BCUT2D eigenvalue weighted by atomic mass is 16.2. The lowest BCUT2D eigenvalue weighted by atomic mass is 9.94. The molecule has 3 heterocycles. The van der Waals surface area contributed by atoms with Crippen molar-refractivity contribution in [1.82, 2.24) is 19.4 Å². The van der Waals surface area contributed by atoms with Crippen molar-refractivity contribution < 1.29 is 9.59 Å². The maximum atomic E-state index is 12.6. The van der Waals surface area contributed by atoms with Gasteiger partial charge in [0.05, 0.1) is 0 Å². The van der Waals surface area contributed by atoms with Gasteiger partial charge < -0.3 is 14.4 Å². The lowest BCUT2D eigenvalue weighted by molar-refractivity contribution is -0.141. The zero-order chi connectivity index (χ0) is 17.6. The Hall–Kier alpha value is -1.85. The van der Waals surface area contributed by atoms with Gasteiger partial charge in [-0.05, 0) is 45.4 Å². The number of aryl methyl sites for hydroxylation is 2. The molecule has 0 spiro atoms. The summed E-state index contributed by atoms with van der Waals surface area (Å²) < 4.78 is 2.08. The summed E-state index contributed by atoms with van der Waals surface area (Å²) in [6.45, 7) is 6.12. The average Bonchev–Trinajstić information content (AvgIpc) is 3.07. The Kier molecular flexibility index (Phi) is 6.10. The van der Waals surface area contributed by atoms with E-state index in [1.165, 1.54) is 6.42 Å². The van der Waals surface area contributed by atoms with Gasteiger partial charge in [-0.2, -0.15) is 0 Å². The van der Waals surface area contributed by atoms with Crippen LogP contribution in [0, 0.1) is 12.8 Å². The van der Waals surface area contributed by atoms with Crippen LogP contribution in [0.25, 0.3) is 0 Å². The van der Waals surface area contributed by atoms with E-state index in [9.17, 15) is 9.59 Å². The summed E-state index contributed by atoms with van der Waals surface area (Å²) in [5, 5.41) is 0. The van der Waals surface area contributed by atoms with Gasteiger partial charge in [-0.3, -0.25) is 9.59 Å². The number of carbonyl (C=O) groups is 2. The second kappa shape index (κ2) is 8.50. The molecule has 1 aromatic heterocycles. The Morgan fingerprint density at radius 2 is 1.80 bits per heavy atom. The molecular weight excluding hydrogens is 316 g/mol. The SMILES string of the molecule is Cc1nccn1CCCC(=O)N1CCC(C(=O)N2CCCCC2)CC1. The molecule has 138 valence electrons. The molecule has 0 bridgehead atoms. The Labute approximate surface area is 150 Å². The highest BCUT2D eigenvalue weighted by Gasteiger charge is 2.30. The van der Waals surface area contributed by atoms with Crippen molar-refractivity contribution >= 4 is 11.8 Å². The van der Waals surface area contributed by atoms with Gasteiger partial charge in [-0.1, -0.05) is 0 Å². The molecule has 2 aliphatic rings. The molecule has 0 aliphatic carbocycles. The fourth-order valence-corrected chi connectivity index (χ4v) is 3.95. The summed E-state index contributed by atoms with van der Waals surface area (Å²) in [4.78, 5) is 33.2. The van der Waals surface area contributed by atoms with Crippen molar-refractivity contribution in [3.8, 4) is 0 Å². The van der Waals surface area contributed by atoms with Crippen molar-refractivity contribution in [1.29, 1.82) is 0 Å². The summed E-state index contributed by atoms with van der Waals surface area (Å²) in [5.41, 5.74) is 0. The van der Waals surface area contributed by atoms with Crippen LogP contribution in [-0.4, -0.2) is 57.3 Å². The number of aromatic nitrogens is 2. The lowest BCUT2D eigenvalue weighted by Gasteiger charge is -2.35. The largest absolute Gasteiger partial charge is 0.343 e. The second-order valence-electron chi connectivity index (χ2n) is 7.31. The summed E-state index contributed by atoms with van der Waals surface area (Å²) in [6.07, 6.45) is 10.3. The van der Waals surface area contributed by atoms with E-state index >= 15 is 0 Å². The van der Waals surface area contributed by atoms with Gasteiger partial charge in [0.2, 0.25) is 11.8 Å². The molecule has 0 N–H and O–H groups in total. The van der Waals surface area contributed by atoms with Crippen molar-refractivity contribution in [2.24, 2.45) is 5.92 Å². The first kappa shape index (κ1) is 18.0. The molecular formula is C19H30N4O2. The Bertz CT molecular complexity index is 584. The van der Waals surface area contributed by atoms with Gasteiger partial charge in [-0.25, -0.2) is 4.98 Å². The van der Waals surface area contributed by atoms with E-state index < -0.39 is 0 Å². The van der Waals surface area contributed by atoms with Crippen LogP contribution in [0.4, 0.5) is 0 Å². The summed E-state index contributed by atoms with van der Waals surface area (Å²) in [5.74, 6) is 1.66. The van der Waals surface area contributed by atoms with E-state index in [4.69, 9.17) is 0 Å². The molecule has 2 saturated heterocycles. The maximum absolute atomic E-state index is 12.6. The Morgan fingerprint density at radius 3 is 2.44 bits per heavy atom. The highest BCUT2D eigenvalue weighted by molar-refractivity contribution is 5.80. The topological polar surface area (TPSA) is 58.4 Å². The second-order valence-corrected chi connectivity index (χ2v) is 7.31. The third-order valence-corrected chi connectivity index (χ3v) is 5.58. The predicted molar refractivity (Wildman–Crippen MR) is 95.9 cm³/mol. The Morgan fingerprint density at radius 1 is 1.08 bits per heavy atom. The molecule has 0 aromatic carbocycles. The normalized spacial score (nSPS) is 19.2. The zero-order valence-electron chi connectivity index (χ0n) is 15.3. The third kappa shape index (κ3) is 4.61. The van der Waals surface area contributed by atoms with E-state index in [1.54, 1.807) is 6.20 Å². The predicted octanol–water partition coefficient (Wildman–Crippen LogP) is 2.22.